The van der Waals surface area contributed by atoms with Crippen molar-refractivity contribution in [3.63, 3.8) is 0 Å². The summed E-state index contributed by atoms with van der Waals surface area (Å²) in [7, 11) is -6.00. The zero-order valence-corrected chi connectivity index (χ0v) is 21.3. The summed E-state index contributed by atoms with van der Waals surface area (Å²) in [5, 5.41) is 11.5. The van der Waals surface area contributed by atoms with Gasteiger partial charge in [0.2, 0.25) is 11.4 Å². The third-order valence-electron chi connectivity index (χ3n) is 6.36. The lowest BCUT2D eigenvalue weighted by atomic mass is 9.96. The van der Waals surface area contributed by atoms with Gasteiger partial charge < -0.3 is 22.4 Å². The summed E-state index contributed by atoms with van der Waals surface area (Å²) in [5.74, 6) is 0. The Balaban J connectivity index is 0.000000648. The molecule has 4 aromatic carbocycles. The fraction of sp³-hybridized carbons (Fsp3) is 0.0938. The molecule has 0 spiro atoms. The van der Waals surface area contributed by atoms with Crippen molar-refractivity contribution in [2.45, 2.75) is 19.1 Å². The second-order valence-electron chi connectivity index (χ2n) is 9.07. The monoisotopic (exact) mass is 529 g/mol. The second kappa shape index (κ2) is 12.5. The highest BCUT2D eigenvalue weighted by atomic mass is 19.5. The minimum absolute atomic E-state index is 0.197. The molecule has 0 amide bonds. The molecular weight excluding hydrogens is 501 g/mol. The Morgan fingerprint density at radius 3 is 1.26 bits per heavy atom. The summed E-state index contributed by atoms with van der Waals surface area (Å²) in [6.45, 7) is 2.10. The van der Waals surface area contributed by atoms with Gasteiger partial charge in [0.1, 0.15) is 6.10 Å². The van der Waals surface area contributed by atoms with Crippen LogP contribution in [0.2, 0.25) is 0 Å². The number of pyridine rings is 1. The molecule has 5 aromatic rings. The highest BCUT2D eigenvalue weighted by Gasteiger charge is 2.32. The minimum atomic E-state index is -6.00. The average Bonchev–Trinajstić information content (AvgIpc) is 2.97. The van der Waals surface area contributed by atoms with Gasteiger partial charge in [-0.1, -0.05) is 97.1 Å². The lowest BCUT2D eigenvalue weighted by Crippen LogP contribution is -2.45. The Labute approximate surface area is 226 Å². The first kappa shape index (κ1) is 27.8. The zero-order chi connectivity index (χ0) is 27.8. The second-order valence-corrected chi connectivity index (χ2v) is 9.07. The quantitative estimate of drug-likeness (QED) is 0.133. The van der Waals surface area contributed by atoms with E-state index in [1.807, 2.05) is 48.5 Å². The maximum absolute atomic E-state index is 11.5. The number of halogens is 4. The largest absolute Gasteiger partial charge is 0.673 e. The highest BCUT2D eigenvalue weighted by molar-refractivity contribution is 6.50. The van der Waals surface area contributed by atoms with Crippen LogP contribution in [0.25, 0.3) is 33.6 Å². The highest BCUT2D eigenvalue weighted by Crippen LogP contribution is 2.33. The van der Waals surface area contributed by atoms with E-state index in [1.54, 1.807) is 0 Å². The van der Waals surface area contributed by atoms with Crippen LogP contribution in [0.5, 0.6) is 0 Å². The van der Waals surface area contributed by atoms with Crippen molar-refractivity contribution in [3.8, 4) is 33.6 Å². The maximum atomic E-state index is 11.5. The maximum Gasteiger partial charge on any atom is 0.673 e. The van der Waals surface area contributed by atoms with Gasteiger partial charge in [0.05, 0.1) is 0 Å². The Hall–Kier alpha value is -4.23. The number of benzene rings is 4. The molecule has 0 aliphatic carbocycles. The van der Waals surface area contributed by atoms with Crippen LogP contribution >= 0.6 is 0 Å². The lowest BCUT2D eigenvalue weighted by Gasteiger charge is -2.21. The molecule has 39 heavy (non-hydrogen) atoms. The van der Waals surface area contributed by atoms with Gasteiger partial charge in [0.25, 0.3) is 0 Å². The third kappa shape index (κ3) is 7.42. The molecule has 5 rings (SSSR count). The first-order valence-corrected chi connectivity index (χ1v) is 12.6. The van der Waals surface area contributed by atoms with E-state index >= 15 is 0 Å². The van der Waals surface area contributed by atoms with E-state index in [0.29, 0.717) is 0 Å². The summed E-state index contributed by atoms with van der Waals surface area (Å²) < 4.78 is 41.3. The third-order valence-corrected chi connectivity index (χ3v) is 6.36. The van der Waals surface area contributed by atoms with Crippen LogP contribution in [0.15, 0.2) is 133 Å². The number of hydrogen-bond donors (Lipinski definition) is 1. The van der Waals surface area contributed by atoms with Crippen LogP contribution in [0.3, 0.4) is 0 Å². The SMILES string of the molecule is C[C@H]([C@@H](O)c1ccccc1)[n+]1c(-c2ccccc2)cc(-c2ccccc2)cc1-c1ccccc1.F[B-](F)(F)F. The van der Waals surface area contributed by atoms with Crippen LogP contribution in [-0.4, -0.2) is 12.4 Å². The van der Waals surface area contributed by atoms with Crippen molar-refractivity contribution in [1.29, 1.82) is 0 Å². The van der Waals surface area contributed by atoms with E-state index in [1.165, 1.54) is 5.56 Å². The molecule has 198 valence electrons. The van der Waals surface area contributed by atoms with E-state index in [4.69, 9.17) is 0 Å². The van der Waals surface area contributed by atoms with Crippen LogP contribution < -0.4 is 4.57 Å². The normalized spacial score (nSPS) is 12.7. The number of aromatic nitrogens is 1. The molecule has 7 heteroatoms. The molecule has 0 unspecified atom stereocenters. The van der Waals surface area contributed by atoms with Crippen LogP contribution in [0.4, 0.5) is 17.3 Å². The molecule has 2 atom stereocenters. The van der Waals surface area contributed by atoms with Crippen LogP contribution in [0.1, 0.15) is 24.6 Å². The van der Waals surface area contributed by atoms with Gasteiger partial charge >= 0.3 is 7.25 Å². The average molecular weight is 529 g/mol. The van der Waals surface area contributed by atoms with E-state index in [0.717, 1.165) is 33.6 Å². The molecule has 0 bridgehead atoms. The molecule has 1 N–H and O–H groups in total. The van der Waals surface area contributed by atoms with Crippen molar-refractivity contribution >= 4 is 7.25 Å². The van der Waals surface area contributed by atoms with E-state index in [9.17, 15) is 22.4 Å². The number of nitrogens with zero attached hydrogens (tertiary/aromatic N) is 1. The molecular formula is C32H28BF4NO. The summed E-state index contributed by atoms with van der Waals surface area (Å²) in [6.07, 6.45) is -0.654. The predicted octanol–water partition coefficient (Wildman–Crippen LogP) is 8.57. The number of hydrogen-bond acceptors (Lipinski definition) is 1. The topological polar surface area (TPSA) is 24.1 Å². The molecule has 0 fully saturated rings. The number of aliphatic hydroxyl groups is 1. The molecule has 1 aromatic heterocycles. The first-order valence-electron chi connectivity index (χ1n) is 12.6. The molecule has 2 nitrogen and oxygen atoms in total. The number of aliphatic hydroxyl groups excluding tert-OH is 1. The van der Waals surface area contributed by atoms with E-state index < -0.39 is 13.4 Å². The lowest BCUT2D eigenvalue weighted by molar-refractivity contribution is -0.708. The molecule has 0 aliphatic heterocycles. The van der Waals surface area contributed by atoms with Crippen molar-refractivity contribution < 1.29 is 26.9 Å². The minimum Gasteiger partial charge on any atom is -0.418 e. The first-order chi connectivity index (χ1) is 18.7. The predicted molar refractivity (Wildman–Crippen MR) is 149 cm³/mol. The van der Waals surface area contributed by atoms with Gasteiger partial charge in [-0.15, -0.1) is 0 Å². The fourth-order valence-electron chi connectivity index (χ4n) is 4.57. The van der Waals surface area contributed by atoms with Crippen molar-refractivity contribution in [2.24, 2.45) is 0 Å². The zero-order valence-electron chi connectivity index (χ0n) is 21.3. The Bertz CT molecular complexity index is 1400. The molecule has 1 heterocycles. The van der Waals surface area contributed by atoms with Crippen LogP contribution in [0, 0.1) is 0 Å². The molecule has 0 aliphatic rings. The van der Waals surface area contributed by atoms with Gasteiger partial charge in [-0.2, -0.15) is 4.57 Å². The Morgan fingerprint density at radius 1 is 0.538 bits per heavy atom. The van der Waals surface area contributed by atoms with Crippen molar-refractivity contribution in [1.82, 2.24) is 0 Å². The summed E-state index contributed by atoms with van der Waals surface area (Å²) in [6, 6.07) is 45.6. The molecule has 0 radical (unpaired) electrons. The molecule has 0 saturated carbocycles. The van der Waals surface area contributed by atoms with Gasteiger partial charge in [-0.05, 0) is 41.0 Å². The Kier molecular flexibility index (Phi) is 8.94. The van der Waals surface area contributed by atoms with Gasteiger partial charge in [0, 0.05) is 30.2 Å². The standard InChI is InChI=1S/C32H28NO.BF4/c1-24(32(34)28-20-12-5-13-21-28)33-30(26-16-8-3-9-17-26)22-29(25-14-6-2-7-15-25)23-31(33)27-18-10-4-11-19-27;2-1(3,4)5/h2-24,32,34H,1H3;/q+1;-1/t24-,32-;/m1./s1. The van der Waals surface area contributed by atoms with Gasteiger partial charge in [-0.25, -0.2) is 0 Å². The fourth-order valence-corrected chi connectivity index (χ4v) is 4.57. The Morgan fingerprint density at radius 2 is 0.872 bits per heavy atom. The van der Waals surface area contributed by atoms with Crippen molar-refractivity contribution in [3.05, 3.63) is 139 Å². The van der Waals surface area contributed by atoms with Gasteiger partial charge in [-0.3, -0.25) is 0 Å². The summed E-state index contributed by atoms with van der Waals surface area (Å²) >= 11 is 0. The van der Waals surface area contributed by atoms with E-state index in [2.05, 4.69) is 96.4 Å². The van der Waals surface area contributed by atoms with Crippen LogP contribution in [-0.2, 0) is 0 Å². The van der Waals surface area contributed by atoms with E-state index in [-0.39, 0.29) is 6.04 Å². The smallest absolute Gasteiger partial charge is 0.418 e. The molecule has 0 saturated heterocycles. The summed E-state index contributed by atoms with van der Waals surface area (Å²) in [4.78, 5) is 0. The summed E-state index contributed by atoms with van der Waals surface area (Å²) in [5.41, 5.74) is 7.60. The van der Waals surface area contributed by atoms with Gasteiger partial charge in [0.15, 0.2) is 6.04 Å². The van der Waals surface area contributed by atoms with Crippen molar-refractivity contribution in [2.75, 3.05) is 0 Å². The number of rotatable bonds is 6.